The van der Waals surface area contributed by atoms with E-state index in [2.05, 4.69) is 15.0 Å². The Morgan fingerprint density at radius 3 is 2.40 bits per heavy atom. The molecule has 1 unspecified atom stereocenters. The molecule has 2 aliphatic rings. The lowest BCUT2D eigenvalue weighted by Crippen LogP contribution is -2.50. The lowest BCUT2D eigenvalue weighted by Gasteiger charge is -2.37. The summed E-state index contributed by atoms with van der Waals surface area (Å²) < 4.78 is 5.06. The van der Waals surface area contributed by atoms with Gasteiger partial charge in [-0.25, -0.2) is 0 Å². The van der Waals surface area contributed by atoms with Crippen molar-refractivity contribution in [2.24, 2.45) is 5.92 Å². The number of aryl methyl sites for hydroxylation is 1. The summed E-state index contributed by atoms with van der Waals surface area (Å²) in [5.41, 5.74) is 3.22. The largest absolute Gasteiger partial charge is 0.368 e. The predicted octanol–water partition coefficient (Wildman–Crippen LogP) is 2.95. The third kappa shape index (κ3) is 4.66. The number of hydrogen-bond acceptors (Lipinski definition) is 7. The second-order valence-electron chi connectivity index (χ2n) is 9.01. The van der Waals surface area contributed by atoms with Gasteiger partial charge in [0.25, 0.3) is 0 Å². The molecule has 2 aromatic carbocycles. The summed E-state index contributed by atoms with van der Waals surface area (Å²) in [6.07, 6.45) is 0.205. The van der Waals surface area contributed by atoms with E-state index in [-0.39, 0.29) is 29.9 Å². The van der Waals surface area contributed by atoms with Gasteiger partial charge in [-0.2, -0.15) is 4.98 Å². The molecule has 0 N–H and O–H groups in total. The van der Waals surface area contributed by atoms with Gasteiger partial charge in [-0.1, -0.05) is 17.3 Å². The molecule has 0 bridgehead atoms. The fourth-order valence-electron chi connectivity index (χ4n) is 4.70. The average molecular weight is 474 g/mol. The van der Waals surface area contributed by atoms with Crippen molar-refractivity contribution in [1.29, 1.82) is 0 Å². The number of hydrogen-bond donors (Lipinski definition) is 0. The van der Waals surface area contributed by atoms with E-state index in [0.717, 1.165) is 16.9 Å². The maximum Gasteiger partial charge on any atom is 0.228 e. The van der Waals surface area contributed by atoms with Crippen molar-refractivity contribution in [1.82, 2.24) is 15.0 Å². The lowest BCUT2D eigenvalue weighted by molar-refractivity contribution is -0.136. The van der Waals surface area contributed by atoms with Crippen LogP contribution in [0.25, 0.3) is 11.4 Å². The summed E-state index contributed by atoms with van der Waals surface area (Å²) in [4.78, 5) is 47.5. The molecule has 1 atom stereocenters. The van der Waals surface area contributed by atoms with Gasteiger partial charge in [0.05, 0.1) is 5.92 Å². The quantitative estimate of drug-likeness (QED) is 0.525. The Hall–Kier alpha value is -4.01. The molecule has 3 heterocycles. The number of carbonyl (C=O) groups excluding carboxylic acids is 3. The molecule has 180 valence electrons. The highest BCUT2D eigenvalue weighted by Gasteiger charge is 2.38. The van der Waals surface area contributed by atoms with E-state index in [9.17, 15) is 14.4 Å². The number of amides is 2. The summed E-state index contributed by atoms with van der Waals surface area (Å²) >= 11 is 0. The molecule has 2 fully saturated rings. The third-order valence-electron chi connectivity index (χ3n) is 6.65. The Morgan fingerprint density at radius 1 is 1.00 bits per heavy atom. The highest BCUT2D eigenvalue weighted by Crippen LogP contribution is 2.30. The van der Waals surface area contributed by atoms with Gasteiger partial charge in [-0.3, -0.25) is 14.4 Å². The van der Waals surface area contributed by atoms with Gasteiger partial charge < -0.3 is 19.2 Å². The molecule has 9 nitrogen and oxygen atoms in total. The van der Waals surface area contributed by atoms with Crippen LogP contribution in [0.15, 0.2) is 53.1 Å². The standard InChI is InChI=1S/C26H27N5O4/c1-17(32)19-6-8-22(9-7-19)29-10-12-30(13-11-29)26(34)21-15-24(33)31(16-21)23-5-3-4-20(14-23)25-27-18(2)35-28-25/h3-9,14,21H,10-13,15-16H2,1-2H3. The average Bonchev–Trinajstić information content (AvgIpc) is 3.49. The molecular formula is C26H27N5O4. The Morgan fingerprint density at radius 2 is 1.74 bits per heavy atom. The van der Waals surface area contributed by atoms with E-state index >= 15 is 0 Å². The molecule has 3 aromatic rings. The number of Topliss-reactive ketones (excluding diaryl/α,β-unsaturated/α-hetero) is 1. The van der Waals surface area contributed by atoms with Crippen molar-refractivity contribution in [3.8, 4) is 11.4 Å². The van der Waals surface area contributed by atoms with E-state index in [1.165, 1.54) is 0 Å². The van der Waals surface area contributed by atoms with Crippen molar-refractivity contribution >= 4 is 29.0 Å². The van der Waals surface area contributed by atoms with Gasteiger partial charge in [-0.15, -0.1) is 0 Å². The summed E-state index contributed by atoms with van der Waals surface area (Å²) in [5.74, 6) is 0.592. The van der Waals surface area contributed by atoms with Crippen LogP contribution in [-0.4, -0.2) is 65.4 Å². The molecule has 1 aromatic heterocycles. The molecule has 0 radical (unpaired) electrons. The lowest BCUT2D eigenvalue weighted by atomic mass is 10.1. The van der Waals surface area contributed by atoms with E-state index in [4.69, 9.17) is 4.52 Å². The summed E-state index contributed by atoms with van der Waals surface area (Å²) in [5, 5.41) is 3.95. The van der Waals surface area contributed by atoms with E-state index in [0.29, 0.717) is 50.0 Å². The third-order valence-corrected chi connectivity index (χ3v) is 6.65. The second-order valence-corrected chi connectivity index (χ2v) is 9.01. The number of aromatic nitrogens is 2. The topological polar surface area (TPSA) is 99.9 Å². The zero-order chi connectivity index (χ0) is 24.5. The Bertz CT molecular complexity index is 1260. The molecule has 2 saturated heterocycles. The molecule has 2 amide bonds. The first-order valence-electron chi connectivity index (χ1n) is 11.7. The zero-order valence-corrected chi connectivity index (χ0v) is 19.8. The van der Waals surface area contributed by atoms with Crippen molar-refractivity contribution in [2.45, 2.75) is 20.3 Å². The minimum atomic E-state index is -0.361. The number of piperazine rings is 1. The van der Waals surface area contributed by atoms with Crippen LogP contribution in [0.3, 0.4) is 0 Å². The number of ketones is 1. The maximum atomic E-state index is 13.2. The molecular weight excluding hydrogens is 446 g/mol. The minimum Gasteiger partial charge on any atom is -0.368 e. The van der Waals surface area contributed by atoms with Crippen molar-refractivity contribution in [2.75, 3.05) is 42.5 Å². The number of rotatable bonds is 5. The molecule has 9 heteroatoms. The normalized spacial score (nSPS) is 18.3. The molecule has 5 rings (SSSR count). The van der Waals surface area contributed by atoms with Crippen molar-refractivity contribution in [3.63, 3.8) is 0 Å². The van der Waals surface area contributed by atoms with E-state index in [1.807, 2.05) is 53.4 Å². The smallest absolute Gasteiger partial charge is 0.228 e. The predicted molar refractivity (Wildman–Crippen MR) is 130 cm³/mol. The van der Waals surface area contributed by atoms with Crippen LogP contribution in [0.1, 0.15) is 29.6 Å². The molecule has 35 heavy (non-hydrogen) atoms. The Balaban J connectivity index is 1.21. The monoisotopic (exact) mass is 473 g/mol. The van der Waals surface area contributed by atoms with Gasteiger partial charge in [0.15, 0.2) is 5.78 Å². The highest BCUT2D eigenvalue weighted by molar-refractivity contribution is 6.00. The van der Waals surface area contributed by atoms with Gasteiger partial charge in [0.1, 0.15) is 0 Å². The summed E-state index contributed by atoms with van der Waals surface area (Å²) in [6, 6.07) is 15.0. The Labute approximate surface area is 203 Å². The Kier molecular flexibility index (Phi) is 6.07. The fraction of sp³-hybridized carbons (Fsp3) is 0.346. The molecule has 2 aliphatic heterocycles. The minimum absolute atomic E-state index is 0.0253. The van der Waals surface area contributed by atoms with Crippen molar-refractivity contribution in [3.05, 3.63) is 60.0 Å². The van der Waals surface area contributed by atoms with E-state index < -0.39 is 0 Å². The number of nitrogens with zero attached hydrogens (tertiary/aromatic N) is 5. The number of benzene rings is 2. The molecule has 0 saturated carbocycles. The maximum absolute atomic E-state index is 13.2. The molecule has 0 aliphatic carbocycles. The van der Waals surface area contributed by atoms with Crippen LogP contribution < -0.4 is 9.80 Å². The summed E-state index contributed by atoms with van der Waals surface area (Å²) in [6.45, 7) is 6.27. The summed E-state index contributed by atoms with van der Waals surface area (Å²) in [7, 11) is 0. The van der Waals surface area contributed by atoms with Crippen LogP contribution in [0.4, 0.5) is 11.4 Å². The van der Waals surface area contributed by atoms with Gasteiger partial charge in [0, 0.05) is 68.6 Å². The number of carbonyl (C=O) groups is 3. The van der Waals surface area contributed by atoms with Crippen LogP contribution in [-0.2, 0) is 9.59 Å². The van der Waals surface area contributed by atoms with E-state index in [1.54, 1.807) is 18.7 Å². The first kappa shape index (κ1) is 22.8. The van der Waals surface area contributed by atoms with Crippen LogP contribution in [0, 0.1) is 12.8 Å². The van der Waals surface area contributed by atoms with Crippen molar-refractivity contribution < 1.29 is 18.9 Å². The highest BCUT2D eigenvalue weighted by atomic mass is 16.5. The second kappa shape index (κ2) is 9.32. The van der Waals surface area contributed by atoms with Gasteiger partial charge in [-0.05, 0) is 43.3 Å². The fourth-order valence-corrected chi connectivity index (χ4v) is 4.70. The van der Waals surface area contributed by atoms with Crippen LogP contribution >= 0.6 is 0 Å². The first-order chi connectivity index (χ1) is 16.9. The van der Waals surface area contributed by atoms with Crippen LogP contribution in [0.2, 0.25) is 0 Å². The SMILES string of the molecule is CC(=O)c1ccc(N2CCN(C(=O)C3CC(=O)N(c4cccc(-c5noc(C)n5)c4)C3)CC2)cc1. The van der Waals surface area contributed by atoms with Crippen LogP contribution in [0.5, 0.6) is 0 Å². The number of anilines is 2. The first-order valence-corrected chi connectivity index (χ1v) is 11.7. The molecule has 0 spiro atoms. The zero-order valence-electron chi connectivity index (χ0n) is 19.8. The van der Waals surface area contributed by atoms with Gasteiger partial charge >= 0.3 is 0 Å². The van der Waals surface area contributed by atoms with Gasteiger partial charge in [0.2, 0.25) is 23.5 Å².